The molecule has 4 rings (SSSR count). The van der Waals surface area contributed by atoms with Gasteiger partial charge in [-0.15, -0.1) is 0 Å². The minimum Gasteiger partial charge on any atom is -0.376 e. The fourth-order valence-electron chi connectivity index (χ4n) is 4.99. The second-order valence-electron chi connectivity index (χ2n) is 7.49. The molecule has 4 bridgehead atoms. The minimum absolute atomic E-state index is 0.129. The molecule has 1 N–H and O–H groups in total. The van der Waals surface area contributed by atoms with Crippen LogP contribution in [0.4, 0.5) is 4.39 Å². The van der Waals surface area contributed by atoms with Crippen LogP contribution in [0.25, 0.3) is 0 Å². The molecule has 116 valence electrons. The lowest BCUT2D eigenvalue weighted by atomic mass is 9.50. The summed E-state index contributed by atoms with van der Waals surface area (Å²) in [6, 6.07) is 0. The van der Waals surface area contributed by atoms with Crippen LogP contribution >= 0.6 is 0 Å². The molecule has 6 heteroatoms. The molecule has 0 aliphatic heterocycles. The molecule has 4 fully saturated rings. The van der Waals surface area contributed by atoms with Gasteiger partial charge in [-0.25, -0.2) is 4.39 Å². The number of hydrogen-bond donors (Lipinski definition) is 1. The van der Waals surface area contributed by atoms with Gasteiger partial charge in [-0.05, 0) is 68.6 Å². The monoisotopic (exact) mass is 306 g/mol. The van der Waals surface area contributed by atoms with Crippen LogP contribution in [-0.4, -0.2) is 31.2 Å². The van der Waals surface area contributed by atoms with Crippen LogP contribution in [0, 0.1) is 23.2 Å². The molecule has 20 heavy (non-hydrogen) atoms. The van der Waals surface area contributed by atoms with Crippen molar-refractivity contribution in [3.63, 3.8) is 0 Å². The average Bonchev–Trinajstić information content (AvgIpc) is 2.24. The molecule has 4 saturated carbocycles. The normalized spacial score (nSPS) is 42.6. The van der Waals surface area contributed by atoms with Gasteiger partial charge in [-0.2, -0.15) is 8.42 Å². The molecule has 0 amide bonds. The van der Waals surface area contributed by atoms with E-state index in [-0.39, 0.29) is 5.41 Å². The molecule has 0 aromatic carbocycles. The Labute approximate surface area is 119 Å². The molecule has 0 spiro atoms. The van der Waals surface area contributed by atoms with Crippen molar-refractivity contribution in [3.05, 3.63) is 0 Å². The van der Waals surface area contributed by atoms with Gasteiger partial charge in [0.1, 0.15) is 0 Å². The second-order valence-corrected chi connectivity index (χ2v) is 9.29. The highest BCUT2D eigenvalue weighted by Gasteiger charge is 2.51. The smallest absolute Gasteiger partial charge is 0.302 e. The molecule has 0 heterocycles. The van der Waals surface area contributed by atoms with E-state index in [1.165, 1.54) is 19.3 Å². The van der Waals surface area contributed by atoms with Gasteiger partial charge in [-0.3, -0.25) is 4.55 Å². The fourth-order valence-corrected chi connectivity index (χ4v) is 5.22. The summed E-state index contributed by atoms with van der Waals surface area (Å²) in [6.45, 7) is 0.682. The van der Waals surface area contributed by atoms with E-state index >= 15 is 0 Å². The first-order chi connectivity index (χ1) is 9.19. The minimum atomic E-state index is -4.72. The summed E-state index contributed by atoms with van der Waals surface area (Å²) in [7, 11) is -4.72. The van der Waals surface area contributed by atoms with E-state index in [4.69, 9.17) is 9.29 Å². The summed E-state index contributed by atoms with van der Waals surface area (Å²) in [5, 5.41) is -2.71. The SMILES string of the molecule is CC(F)(COCC12CC3CC(CC(C3)C1)C2)S(=O)(=O)O. The molecule has 0 saturated heterocycles. The predicted octanol–water partition coefficient (Wildman–Crippen LogP) is 2.79. The summed E-state index contributed by atoms with van der Waals surface area (Å²) in [6.07, 6.45) is 7.37. The largest absolute Gasteiger partial charge is 0.376 e. The fraction of sp³-hybridized carbons (Fsp3) is 1.00. The van der Waals surface area contributed by atoms with E-state index in [9.17, 15) is 12.8 Å². The highest BCUT2D eigenvalue weighted by atomic mass is 32.2. The summed E-state index contributed by atoms with van der Waals surface area (Å²) >= 11 is 0. The van der Waals surface area contributed by atoms with Crippen molar-refractivity contribution in [3.8, 4) is 0 Å². The van der Waals surface area contributed by atoms with Crippen LogP contribution in [0.2, 0.25) is 0 Å². The number of rotatable bonds is 5. The van der Waals surface area contributed by atoms with Crippen LogP contribution in [0.15, 0.2) is 0 Å². The lowest BCUT2D eigenvalue weighted by Crippen LogP contribution is -2.48. The number of halogens is 1. The second kappa shape index (κ2) is 4.65. The Morgan fingerprint density at radius 2 is 1.65 bits per heavy atom. The highest BCUT2D eigenvalue weighted by molar-refractivity contribution is 7.87. The van der Waals surface area contributed by atoms with E-state index in [1.54, 1.807) is 0 Å². The Bertz CT molecular complexity index is 450. The van der Waals surface area contributed by atoms with Gasteiger partial charge >= 0.3 is 10.1 Å². The Morgan fingerprint density at radius 3 is 2.05 bits per heavy atom. The van der Waals surface area contributed by atoms with Crippen molar-refractivity contribution in [2.45, 2.75) is 50.4 Å². The summed E-state index contributed by atoms with van der Waals surface area (Å²) in [5.74, 6) is 2.34. The van der Waals surface area contributed by atoms with Gasteiger partial charge in [0, 0.05) is 0 Å². The maximum Gasteiger partial charge on any atom is 0.302 e. The lowest BCUT2D eigenvalue weighted by molar-refractivity contribution is -0.103. The Hall–Kier alpha value is -0.200. The summed E-state index contributed by atoms with van der Waals surface area (Å²) in [4.78, 5) is 0. The van der Waals surface area contributed by atoms with E-state index in [0.717, 1.165) is 43.9 Å². The van der Waals surface area contributed by atoms with Crippen molar-refractivity contribution in [1.29, 1.82) is 0 Å². The number of ether oxygens (including phenoxy) is 1. The molecular weight excluding hydrogens is 283 g/mol. The zero-order valence-electron chi connectivity index (χ0n) is 11.8. The van der Waals surface area contributed by atoms with E-state index in [1.807, 2.05) is 0 Å². The first-order valence-corrected chi connectivity index (χ1v) is 8.87. The van der Waals surface area contributed by atoms with E-state index < -0.39 is 21.7 Å². The summed E-state index contributed by atoms with van der Waals surface area (Å²) in [5.41, 5.74) is 0.129. The van der Waals surface area contributed by atoms with Crippen LogP contribution in [0.3, 0.4) is 0 Å². The molecule has 0 aromatic rings. The average molecular weight is 306 g/mol. The van der Waals surface area contributed by atoms with Gasteiger partial charge in [-0.1, -0.05) is 0 Å². The van der Waals surface area contributed by atoms with Crippen molar-refractivity contribution in [2.75, 3.05) is 13.2 Å². The van der Waals surface area contributed by atoms with Crippen LogP contribution in [-0.2, 0) is 14.9 Å². The maximum absolute atomic E-state index is 13.8. The molecule has 1 atom stereocenters. The van der Waals surface area contributed by atoms with Gasteiger partial charge in [0.25, 0.3) is 5.00 Å². The Morgan fingerprint density at radius 1 is 1.20 bits per heavy atom. The van der Waals surface area contributed by atoms with Crippen molar-refractivity contribution < 1.29 is 22.1 Å². The van der Waals surface area contributed by atoms with Crippen molar-refractivity contribution >= 4 is 10.1 Å². The first-order valence-electron chi connectivity index (χ1n) is 7.43. The van der Waals surface area contributed by atoms with Gasteiger partial charge in [0.15, 0.2) is 0 Å². The zero-order chi connectivity index (χ0) is 14.6. The third-order valence-electron chi connectivity index (χ3n) is 5.47. The van der Waals surface area contributed by atoms with Crippen molar-refractivity contribution in [1.82, 2.24) is 0 Å². The molecule has 0 radical (unpaired) electrons. The van der Waals surface area contributed by atoms with Crippen LogP contribution in [0.1, 0.15) is 45.4 Å². The molecule has 4 aliphatic rings. The van der Waals surface area contributed by atoms with E-state index in [2.05, 4.69) is 0 Å². The Kier molecular flexibility index (Phi) is 3.42. The van der Waals surface area contributed by atoms with E-state index in [0.29, 0.717) is 6.61 Å². The highest BCUT2D eigenvalue weighted by Crippen LogP contribution is 2.60. The standard InChI is InChI=1S/C14H23FO4S/c1-13(15,20(16,17)18)8-19-9-14-5-10-2-11(6-14)4-12(3-10)7-14/h10-12H,2-9H2,1H3,(H,16,17,18). The molecule has 0 aromatic heterocycles. The predicted molar refractivity (Wildman–Crippen MR) is 72.5 cm³/mol. The molecule has 1 unspecified atom stereocenters. The van der Waals surface area contributed by atoms with Crippen LogP contribution in [0.5, 0.6) is 0 Å². The van der Waals surface area contributed by atoms with Crippen molar-refractivity contribution in [2.24, 2.45) is 23.2 Å². The quantitative estimate of drug-likeness (QED) is 0.793. The number of hydrogen-bond acceptors (Lipinski definition) is 3. The zero-order valence-corrected chi connectivity index (χ0v) is 12.7. The molecule has 4 aliphatic carbocycles. The third kappa shape index (κ3) is 2.62. The van der Waals surface area contributed by atoms with Gasteiger partial charge < -0.3 is 4.74 Å². The third-order valence-corrected chi connectivity index (χ3v) is 6.66. The first kappa shape index (κ1) is 14.7. The molecular formula is C14H23FO4S. The number of alkyl halides is 1. The topological polar surface area (TPSA) is 63.6 Å². The van der Waals surface area contributed by atoms with Gasteiger partial charge in [0.2, 0.25) is 0 Å². The summed E-state index contributed by atoms with van der Waals surface area (Å²) < 4.78 is 49.8. The van der Waals surface area contributed by atoms with Gasteiger partial charge in [0.05, 0.1) is 13.2 Å². The Balaban J connectivity index is 1.59. The molecule has 4 nitrogen and oxygen atoms in total. The lowest BCUT2D eigenvalue weighted by Gasteiger charge is -2.56. The maximum atomic E-state index is 13.8. The van der Waals surface area contributed by atoms with Crippen LogP contribution < -0.4 is 0 Å².